The number of hydrogen-bond donors (Lipinski definition) is 3. The largest absolute Gasteiger partial charge is 0.478 e. The third-order valence-corrected chi connectivity index (χ3v) is 4.57. The van der Waals surface area contributed by atoms with Crippen molar-refractivity contribution in [3.8, 4) is 0 Å². The quantitative estimate of drug-likeness (QED) is 0.779. The van der Waals surface area contributed by atoms with Crippen LogP contribution in [0.15, 0.2) is 18.2 Å². The van der Waals surface area contributed by atoms with E-state index in [-0.39, 0.29) is 22.8 Å². The Morgan fingerprint density at radius 3 is 2.67 bits per heavy atom. The normalized spacial score (nSPS) is 17.8. The topological polar surface area (TPSA) is 78.4 Å². The van der Waals surface area contributed by atoms with Gasteiger partial charge in [-0.25, -0.2) is 4.79 Å². The molecule has 2 rings (SSSR count). The maximum atomic E-state index is 12.2. The van der Waals surface area contributed by atoms with Crippen molar-refractivity contribution < 1.29 is 14.7 Å². The van der Waals surface area contributed by atoms with Crippen molar-refractivity contribution in [3.05, 3.63) is 23.8 Å². The number of aromatic carboxylic acids is 1. The van der Waals surface area contributed by atoms with Crippen molar-refractivity contribution in [2.75, 3.05) is 16.4 Å². The Kier molecular flexibility index (Phi) is 5.12. The number of carboxylic acids is 1. The number of carbonyl (C=O) groups is 2. The highest BCUT2D eigenvalue weighted by atomic mass is 32.2. The first-order valence-electron chi connectivity index (χ1n) is 7.03. The third kappa shape index (κ3) is 4.14. The van der Waals surface area contributed by atoms with Crippen LogP contribution in [0.3, 0.4) is 0 Å². The van der Waals surface area contributed by atoms with E-state index in [1.807, 2.05) is 13.8 Å². The van der Waals surface area contributed by atoms with E-state index >= 15 is 0 Å². The second-order valence-corrected chi connectivity index (χ2v) is 6.67. The molecule has 0 bridgehead atoms. The number of rotatable bonds is 5. The molecule has 1 unspecified atom stereocenters. The molecular formula is C15H20N2O3S. The molecule has 1 fully saturated rings. The molecule has 114 valence electrons. The number of anilines is 2. The molecular weight excluding hydrogens is 288 g/mol. The summed E-state index contributed by atoms with van der Waals surface area (Å²) in [6.45, 7) is 3.93. The molecule has 1 aliphatic heterocycles. The fourth-order valence-electron chi connectivity index (χ4n) is 2.21. The van der Waals surface area contributed by atoms with Gasteiger partial charge in [-0.05, 0) is 50.6 Å². The zero-order valence-corrected chi connectivity index (χ0v) is 13.0. The Labute approximate surface area is 128 Å². The highest BCUT2D eigenvalue weighted by Crippen LogP contribution is 2.29. The lowest BCUT2D eigenvalue weighted by atomic mass is 10.1. The van der Waals surface area contributed by atoms with Crippen molar-refractivity contribution in [3.63, 3.8) is 0 Å². The van der Waals surface area contributed by atoms with Gasteiger partial charge in [0.2, 0.25) is 5.91 Å². The fourth-order valence-corrected chi connectivity index (χ4v) is 3.38. The molecule has 0 spiro atoms. The van der Waals surface area contributed by atoms with Crippen LogP contribution in [-0.2, 0) is 4.79 Å². The van der Waals surface area contributed by atoms with Gasteiger partial charge < -0.3 is 15.7 Å². The molecule has 6 heteroatoms. The minimum absolute atomic E-state index is 0.00366. The van der Waals surface area contributed by atoms with E-state index in [2.05, 4.69) is 10.6 Å². The molecule has 0 radical (unpaired) electrons. The van der Waals surface area contributed by atoms with E-state index in [1.165, 1.54) is 6.07 Å². The van der Waals surface area contributed by atoms with Gasteiger partial charge in [-0.15, -0.1) is 11.8 Å². The number of carboxylic acid groups (broad SMARTS) is 1. The highest BCUT2D eigenvalue weighted by molar-refractivity contribution is 8.00. The van der Waals surface area contributed by atoms with Gasteiger partial charge in [-0.1, -0.05) is 0 Å². The molecule has 1 aliphatic rings. The molecule has 1 aromatic carbocycles. The third-order valence-electron chi connectivity index (χ3n) is 3.19. The highest BCUT2D eigenvalue weighted by Gasteiger charge is 2.24. The minimum Gasteiger partial charge on any atom is -0.478 e. The van der Waals surface area contributed by atoms with Gasteiger partial charge in [-0.3, -0.25) is 4.79 Å². The summed E-state index contributed by atoms with van der Waals surface area (Å²) in [6.07, 6.45) is 1.97. The summed E-state index contributed by atoms with van der Waals surface area (Å²) in [5.41, 5.74) is 1.47. The van der Waals surface area contributed by atoms with Crippen LogP contribution in [-0.4, -0.2) is 34.0 Å². The van der Waals surface area contributed by atoms with Crippen molar-refractivity contribution >= 4 is 35.0 Å². The smallest absolute Gasteiger partial charge is 0.335 e. The van der Waals surface area contributed by atoms with Gasteiger partial charge in [-0.2, -0.15) is 0 Å². The SMILES string of the molecule is CC(C)Nc1cc(C(=O)O)ccc1NC(=O)C1CCCS1. The van der Waals surface area contributed by atoms with Crippen LogP contribution < -0.4 is 10.6 Å². The van der Waals surface area contributed by atoms with Gasteiger partial charge in [0.15, 0.2) is 0 Å². The summed E-state index contributed by atoms with van der Waals surface area (Å²) in [5, 5.41) is 15.2. The van der Waals surface area contributed by atoms with E-state index in [1.54, 1.807) is 23.9 Å². The Bertz CT molecular complexity index is 540. The molecule has 1 amide bonds. The molecule has 1 aromatic rings. The fraction of sp³-hybridized carbons (Fsp3) is 0.467. The Morgan fingerprint density at radius 2 is 2.10 bits per heavy atom. The zero-order chi connectivity index (χ0) is 15.4. The lowest BCUT2D eigenvalue weighted by Gasteiger charge is -2.17. The van der Waals surface area contributed by atoms with Crippen LogP contribution in [0.4, 0.5) is 11.4 Å². The molecule has 0 saturated carbocycles. The van der Waals surface area contributed by atoms with Crippen molar-refractivity contribution in [1.29, 1.82) is 0 Å². The predicted octanol–water partition coefficient (Wildman–Crippen LogP) is 3.04. The van der Waals surface area contributed by atoms with Crippen LogP contribution >= 0.6 is 11.8 Å². The zero-order valence-electron chi connectivity index (χ0n) is 12.2. The van der Waals surface area contributed by atoms with E-state index in [0.29, 0.717) is 11.4 Å². The molecule has 1 atom stereocenters. The summed E-state index contributed by atoms with van der Waals surface area (Å²) in [6, 6.07) is 4.85. The van der Waals surface area contributed by atoms with Crippen molar-refractivity contribution in [2.45, 2.75) is 38.0 Å². The summed E-state index contributed by atoms with van der Waals surface area (Å²) in [7, 11) is 0. The van der Waals surface area contributed by atoms with Crippen LogP contribution in [0.25, 0.3) is 0 Å². The molecule has 0 aromatic heterocycles. The second kappa shape index (κ2) is 6.85. The monoisotopic (exact) mass is 308 g/mol. The number of thioether (sulfide) groups is 1. The van der Waals surface area contributed by atoms with E-state index < -0.39 is 5.97 Å². The van der Waals surface area contributed by atoms with Crippen LogP contribution in [0, 0.1) is 0 Å². The maximum Gasteiger partial charge on any atom is 0.335 e. The van der Waals surface area contributed by atoms with E-state index in [0.717, 1.165) is 18.6 Å². The second-order valence-electron chi connectivity index (χ2n) is 5.36. The van der Waals surface area contributed by atoms with Crippen molar-refractivity contribution in [1.82, 2.24) is 0 Å². The standard InChI is InChI=1S/C15H20N2O3S/c1-9(2)16-12-8-10(15(19)20)5-6-11(12)17-14(18)13-4-3-7-21-13/h5-6,8-9,13,16H,3-4,7H2,1-2H3,(H,17,18)(H,19,20). The Morgan fingerprint density at radius 1 is 1.33 bits per heavy atom. The average Bonchev–Trinajstić information content (AvgIpc) is 2.93. The van der Waals surface area contributed by atoms with Gasteiger partial charge in [0.05, 0.1) is 22.2 Å². The number of carbonyl (C=O) groups excluding carboxylic acids is 1. The first kappa shape index (κ1) is 15.7. The predicted molar refractivity (Wildman–Crippen MR) is 86.3 cm³/mol. The first-order chi connectivity index (χ1) is 9.97. The van der Waals surface area contributed by atoms with Crippen LogP contribution in [0.1, 0.15) is 37.0 Å². The lowest BCUT2D eigenvalue weighted by molar-refractivity contribution is -0.115. The lowest BCUT2D eigenvalue weighted by Crippen LogP contribution is -2.24. The first-order valence-corrected chi connectivity index (χ1v) is 8.08. The Hall–Kier alpha value is -1.69. The average molecular weight is 308 g/mol. The Balaban J connectivity index is 2.20. The number of nitrogens with one attached hydrogen (secondary N) is 2. The maximum absolute atomic E-state index is 12.2. The molecule has 0 aliphatic carbocycles. The summed E-state index contributed by atoms with van der Waals surface area (Å²) >= 11 is 1.67. The molecule has 1 heterocycles. The number of hydrogen-bond acceptors (Lipinski definition) is 4. The molecule has 5 nitrogen and oxygen atoms in total. The van der Waals surface area contributed by atoms with Crippen molar-refractivity contribution in [2.24, 2.45) is 0 Å². The van der Waals surface area contributed by atoms with Gasteiger partial charge in [0.25, 0.3) is 0 Å². The van der Waals surface area contributed by atoms with Gasteiger partial charge in [0, 0.05) is 6.04 Å². The van der Waals surface area contributed by atoms with Crippen LogP contribution in [0.2, 0.25) is 0 Å². The minimum atomic E-state index is -0.981. The van der Waals surface area contributed by atoms with E-state index in [4.69, 9.17) is 5.11 Å². The summed E-state index contributed by atoms with van der Waals surface area (Å²) in [4.78, 5) is 23.3. The van der Waals surface area contributed by atoms with E-state index in [9.17, 15) is 9.59 Å². The molecule has 3 N–H and O–H groups in total. The molecule has 21 heavy (non-hydrogen) atoms. The number of amides is 1. The summed E-state index contributed by atoms with van der Waals surface area (Å²) < 4.78 is 0. The van der Waals surface area contributed by atoms with Crippen LogP contribution in [0.5, 0.6) is 0 Å². The van der Waals surface area contributed by atoms with Gasteiger partial charge in [0.1, 0.15) is 0 Å². The number of benzene rings is 1. The van der Waals surface area contributed by atoms with Gasteiger partial charge >= 0.3 is 5.97 Å². The molecule has 1 saturated heterocycles. The summed E-state index contributed by atoms with van der Waals surface area (Å²) in [5.74, 6) is 0.0334.